The van der Waals surface area contributed by atoms with Crippen LogP contribution in [-0.4, -0.2) is 44.7 Å². The number of hydrogen-bond donors (Lipinski definition) is 0. The molecule has 1 aliphatic heterocycles. The SMILES string of the molecule is C[N+](C)(C)CCCCC(=O)c1ccc2c(c1)OCO2.[Cl-]. The number of carbonyl (C=O) groups is 1. The van der Waals surface area contributed by atoms with Crippen LogP contribution in [0.4, 0.5) is 0 Å². The summed E-state index contributed by atoms with van der Waals surface area (Å²) in [6.45, 7) is 1.34. The first kappa shape index (κ1) is 16.8. The van der Waals surface area contributed by atoms with Gasteiger partial charge in [0.25, 0.3) is 0 Å². The molecule has 0 fully saturated rings. The van der Waals surface area contributed by atoms with Gasteiger partial charge in [0.15, 0.2) is 17.3 Å². The zero-order chi connectivity index (χ0) is 13.9. The molecule has 1 aliphatic rings. The van der Waals surface area contributed by atoms with Crippen LogP contribution >= 0.6 is 0 Å². The third-order valence-corrected chi connectivity index (χ3v) is 3.18. The van der Waals surface area contributed by atoms with Crippen LogP contribution < -0.4 is 21.9 Å². The van der Waals surface area contributed by atoms with Gasteiger partial charge in [-0.05, 0) is 31.0 Å². The van der Waals surface area contributed by atoms with Crippen molar-refractivity contribution in [2.75, 3.05) is 34.5 Å². The van der Waals surface area contributed by atoms with Crippen molar-refractivity contribution in [2.45, 2.75) is 19.3 Å². The summed E-state index contributed by atoms with van der Waals surface area (Å²) in [6.07, 6.45) is 2.60. The van der Waals surface area contributed by atoms with Crippen LogP contribution in [0.3, 0.4) is 0 Å². The topological polar surface area (TPSA) is 35.5 Å². The number of hydrogen-bond acceptors (Lipinski definition) is 3. The lowest BCUT2D eigenvalue weighted by molar-refractivity contribution is -0.870. The van der Waals surface area contributed by atoms with E-state index in [0.29, 0.717) is 12.2 Å². The molecule has 112 valence electrons. The molecule has 0 saturated heterocycles. The normalized spacial score (nSPS) is 12.9. The Kier molecular flexibility index (Phi) is 5.84. The molecule has 0 aliphatic carbocycles. The molecule has 0 amide bonds. The second-order valence-corrected chi connectivity index (χ2v) is 5.96. The molecule has 1 aromatic rings. The summed E-state index contributed by atoms with van der Waals surface area (Å²) >= 11 is 0. The first-order valence-electron chi connectivity index (χ1n) is 6.69. The number of quaternary nitrogens is 1. The minimum atomic E-state index is 0. The van der Waals surface area contributed by atoms with Gasteiger partial charge in [0.2, 0.25) is 6.79 Å². The molecule has 0 N–H and O–H groups in total. The van der Waals surface area contributed by atoms with E-state index in [1.165, 1.54) is 0 Å². The maximum atomic E-state index is 12.1. The van der Waals surface area contributed by atoms with Gasteiger partial charge in [-0.2, -0.15) is 0 Å². The molecule has 1 aromatic carbocycles. The molecule has 0 bridgehead atoms. The van der Waals surface area contributed by atoms with Crippen molar-refractivity contribution in [1.29, 1.82) is 0 Å². The summed E-state index contributed by atoms with van der Waals surface area (Å²) in [6, 6.07) is 5.40. The highest BCUT2D eigenvalue weighted by atomic mass is 35.5. The lowest BCUT2D eigenvalue weighted by Gasteiger charge is -2.23. The quantitative estimate of drug-likeness (QED) is 0.403. The Morgan fingerprint density at radius 2 is 1.85 bits per heavy atom. The van der Waals surface area contributed by atoms with Gasteiger partial charge in [0.05, 0.1) is 27.7 Å². The van der Waals surface area contributed by atoms with Gasteiger partial charge in [-0.25, -0.2) is 0 Å². The number of nitrogens with zero attached hydrogens (tertiary/aromatic N) is 1. The minimum Gasteiger partial charge on any atom is -1.00 e. The molecule has 0 radical (unpaired) electrons. The lowest BCUT2D eigenvalue weighted by atomic mass is 10.0. The zero-order valence-electron chi connectivity index (χ0n) is 12.3. The van der Waals surface area contributed by atoms with E-state index < -0.39 is 0 Å². The summed E-state index contributed by atoms with van der Waals surface area (Å²) in [5.74, 6) is 1.58. The zero-order valence-corrected chi connectivity index (χ0v) is 13.1. The van der Waals surface area contributed by atoms with E-state index in [1.807, 2.05) is 12.1 Å². The van der Waals surface area contributed by atoms with Gasteiger partial charge >= 0.3 is 0 Å². The van der Waals surface area contributed by atoms with Crippen molar-refractivity contribution >= 4 is 5.78 Å². The molecular weight excluding hydrogens is 278 g/mol. The van der Waals surface area contributed by atoms with Crippen LogP contribution in [-0.2, 0) is 0 Å². The third-order valence-electron chi connectivity index (χ3n) is 3.18. The van der Waals surface area contributed by atoms with E-state index in [1.54, 1.807) is 6.07 Å². The van der Waals surface area contributed by atoms with Crippen LogP contribution in [0.2, 0.25) is 0 Å². The van der Waals surface area contributed by atoms with Crippen molar-refractivity contribution in [3.05, 3.63) is 23.8 Å². The van der Waals surface area contributed by atoms with Crippen molar-refractivity contribution in [1.82, 2.24) is 0 Å². The Bertz CT molecular complexity index is 469. The Morgan fingerprint density at radius 1 is 1.15 bits per heavy atom. The highest BCUT2D eigenvalue weighted by molar-refractivity contribution is 5.96. The van der Waals surface area contributed by atoms with Crippen LogP contribution in [0.15, 0.2) is 18.2 Å². The highest BCUT2D eigenvalue weighted by Gasteiger charge is 2.16. The predicted molar refractivity (Wildman–Crippen MR) is 73.6 cm³/mol. The van der Waals surface area contributed by atoms with Gasteiger partial charge in [0.1, 0.15) is 0 Å². The number of carbonyl (C=O) groups excluding carboxylic acids is 1. The Morgan fingerprint density at radius 3 is 2.55 bits per heavy atom. The van der Waals surface area contributed by atoms with E-state index >= 15 is 0 Å². The third kappa shape index (κ3) is 4.69. The molecule has 0 atom stereocenters. The maximum absolute atomic E-state index is 12.1. The summed E-state index contributed by atoms with van der Waals surface area (Å²) in [7, 11) is 6.50. The average molecular weight is 300 g/mol. The van der Waals surface area contributed by atoms with Crippen molar-refractivity contribution in [3.63, 3.8) is 0 Å². The molecule has 0 saturated carbocycles. The number of halogens is 1. The largest absolute Gasteiger partial charge is 1.00 e. The molecule has 2 rings (SSSR count). The predicted octanol–water partition coefficient (Wildman–Crippen LogP) is -0.521. The fourth-order valence-corrected chi connectivity index (χ4v) is 2.09. The average Bonchev–Trinajstić information content (AvgIpc) is 2.80. The van der Waals surface area contributed by atoms with Crippen molar-refractivity contribution in [2.24, 2.45) is 0 Å². The van der Waals surface area contributed by atoms with E-state index in [4.69, 9.17) is 9.47 Å². The minimum absolute atomic E-state index is 0. The molecule has 0 aromatic heterocycles. The number of fused-ring (bicyclic) bond motifs is 1. The van der Waals surface area contributed by atoms with Crippen LogP contribution in [0, 0.1) is 0 Å². The number of ketones is 1. The molecule has 4 nitrogen and oxygen atoms in total. The monoisotopic (exact) mass is 299 g/mol. The lowest BCUT2D eigenvalue weighted by Crippen LogP contribution is -3.00. The number of ether oxygens (including phenoxy) is 2. The fraction of sp³-hybridized carbons (Fsp3) is 0.533. The van der Waals surface area contributed by atoms with Crippen molar-refractivity contribution in [3.8, 4) is 11.5 Å². The summed E-state index contributed by atoms with van der Waals surface area (Å²) in [5, 5.41) is 0. The second kappa shape index (κ2) is 6.95. The highest BCUT2D eigenvalue weighted by Crippen LogP contribution is 2.32. The van der Waals surface area contributed by atoms with Gasteiger partial charge in [-0.1, -0.05) is 0 Å². The van der Waals surface area contributed by atoms with Gasteiger partial charge in [-0.15, -0.1) is 0 Å². The maximum Gasteiger partial charge on any atom is 0.231 e. The standard InChI is InChI=1S/C15H22NO3.ClH/c1-16(2,3)9-5-4-6-13(17)12-7-8-14-15(10-12)19-11-18-14;/h7-8,10H,4-6,9,11H2,1-3H3;1H/q+1;/p-1. The first-order valence-corrected chi connectivity index (χ1v) is 6.69. The van der Waals surface area contributed by atoms with Gasteiger partial charge in [0, 0.05) is 12.0 Å². The Hall–Kier alpha value is -1.26. The van der Waals surface area contributed by atoms with Gasteiger partial charge in [-0.3, -0.25) is 4.79 Å². The first-order chi connectivity index (χ1) is 8.96. The molecule has 5 heteroatoms. The van der Waals surface area contributed by atoms with E-state index in [-0.39, 0.29) is 25.0 Å². The molecule has 1 heterocycles. The second-order valence-electron chi connectivity index (χ2n) is 5.96. The van der Waals surface area contributed by atoms with E-state index in [9.17, 15) is 4.79 Å². The van der Waals surface area contributed by atoms with Crippen LogP contribution in [0.1, 0.15) is 29.6 Å². The molecule has 0 unspecified atom stereocenters. The summed E-state index contributed by atoms with van der Waals surface area (Å²) in [5.41, 5.74) is 0.717. The summed E-state index contributed by atoms with van der Waals surface area (Å²) in [4.78, 5) is 12.1. The Balaban J connectivity index is 0.00000200. The molecule has 20 heavy (non-hydrogen) atoms. The number of benzene rings is 1. The van der Waals surface area contributed by atoms with Gasteiger partial charge < -0.3 is 26.4 Å². The van der Waals surface area contributed by atoms with Crippen LogP contribution in [0.25, 0.3) is 0 Å². The Labute approximate surface area is 126 Å². The smallest absolute Gasteiger partial charge is 0.231 e. The fourth-order valence-electron chi connectivity index (χ4n) is 2.09. The molecular formula is C15H22ClNO3. The van der Waals surface area contributed by atoms with Crippen molar-refractivity contribution < 1.29 is 31.2 Å². The summed E-state index contributed by atoms with van der Waals surface area (Å²) < 4.78 is 11.5. The van der Waals surface area contributed by atoms with E-state index in [0.717, 1.165) is 35.2 Å². The van der Waals surface area contributed by atoms with E-state index in [2.05, 4.69) is 21.1 Å². The number of unbranched alkanes of at least 4 members (excludes halogenated alkanes) is 1. The number of rotatable bonds is 6. The van der Waals surface area contributed by atoms with Crippen LogP contribution in [0.5, 0.6) is 11.5 Å². The molecule has 0 spiro atoms. The number of Topliss-reactive ketones (excluding diaryl/α,β-unsaturated/α-hetero) is 1.